The van der Waals surface area contributed by atoms with Crippen molar-refractivity contribution in [2.24, 2.45) is 0 Å². The van der Waals surface area contributed by atoms with Crippen molar-refractivity contribution in [3.8, 4) is 0 Å². The van der Waals surface area contributed by atoms with Crippen LogP contribution in [0.4, 0.5) is 5.69 Å². The molecule has 0 spiro atoms. The molecule has 1 aromatic heterocycles. The van der Waals surface area contributed by atoms with Gasteiger partial charge in [-0.15, -0.1) is 0 Å². The van der Waals surface area contributed by atoms with Crippen molar-refractivity contribution in [3.63, 3.8) is 0 Å². The number of hydrogen-bond acceptors (Lipinski definition) is 4. The number of fused-ring (bicyclic) bond motifs is 1. The van der Waals surface area contributed by atoms with Crippen LogP contribution in [-0.4, -0.2) is 39.5 Å². The van der Waals surface area contributed by atoms with E-state index in [1.807, 2.05) is 6.07 Å². The number of aromatic nitrogens is 2. The molecular weight excluding hydrogens is 248 g/mol. The molecule has 1 aromatic carbocycles. The summed E-state index contributed by atoms with van der Waals surface area (Å²) in [6, 6.07) is 8.38. The average Bonchev–Trinajstić information content (AvgIpc) is 3.23. The highest BCUT2D eigenvalue weighted by Crippen LogP contribution is 2.34. The third kappa shape index (κ3) is 2.24. The Kier molecular flexibility index (Phi) is 2.84. The van der Waals surface area contributed by atoms with Gasteiger partial charge in [0.05, 0.1) is 11.0 Å². The Morgan fingerprint density at radius 2 is 1.95 bits per heavy atom. The SMILES string of the molecule is CC1CC(Nc2ccc3nccnc3c2)CN1C1CC1. The highest BCUT2D eigenvalue weighted by Gasteiger charge is 2.38. The molecule has 2 aliphatic rings. The van der Waals surface area contributed by atoms with Crippen LogP contribution >= 0.6 is 0 Å². The van der Waals surface area contributed by atoms with E-state index in [0.717, 1.165) is 22.8 Å². The highest BCUT2D eigenvalue weighted by molar-refractivity contribution is 5.78. The van der Waals surface area contributed by atoms with Gasteiger partial charge in [-0.1, -0.05) is 0 Å². The van der Waals surface area contributed by atoms with Gasteiger partial charge in [-0.05, 0) is 44.4 Å². The van der Waals surface area contributed by atoms with E-state index in [1.54, 1.807) is 12.4 Å². The van der Waals surface area contributed by atoms with Gasteiger partial charge in [0, 0.05) is 42.8 Å². The predicted molar refractivity (Wildman–Crippen MR) is 80.8 cm³/mol. The molecule has 0 amide bonds. The van der Waals surface area contributed by atoms with Crippen LogP contribution in [0.2, 0.25) is 0 Å². The zero-order valence-corrected chi connectivity index (χ0v) is 11.8. The van der Waals surface area contributed by atoms with Crippen LogP contribution in [0.25, 0.3) is 11.0 Å². The molecule has 4 nitrogen and oxygen atoms in total. The Morgan fingerprint density at radius 1 is 1.15 bits per heavy atom. The van der Waals surface area contributed by atoms with Gasteiger partial charge >= 0.3 is 0 Å². The van der Waals surface area contributed by atoms with Crippen LogP contribution in [0, 0.1) is 0 Å². The molecule has 1 aliphatic carbocycles. The second kappa shape index (κ2) is 4.70. The van der Waals surface area contributed by atoms with E-state index in [0.29, 0.717) is 12.1 Å². The Morgan fingerprint density at radius 3 is 2.75 bits per heavy atom. The maximum Gasteiger partial charge on any atom is 0.0907 e. The smallest absolute Gasteiger partial charge is 0.0907 e. The van der Waals surface area contributed by atoms with E-state index in [4.69, 9.17) is 0 Å². The van der Waals surface area contributed by atoms with Crippen molar-refractivity contribution < 1.29 is 0 Å². The molecular formula is C16H20N4. The number of anilines is 1. The molecule has 2 atom stereocenters. The number of hydrogen-bond donors (Lipinski definition) is 1. The minimum Gasteiger partial charge on any atom is -0.381 e. The predicted octanol–water partition coefficient (Wildman–Crippen LogP) is 2.67. The largest absolute Gasteiger partial charge is 0.381 e. The first-order valence-electron chi connectivity index (χ1n) is 7.52. The molecule has 2 heterocycles. The van der Waals surface area contributed by atoms with E-state index < -0.39 is 0 Å². The summed E-state index contributed by atoms with van der Waals surface area (Å²) in [5.41, 5.74) is 3.08. The fourth-order valence-corrected chi connectivity index (χ4v) is 3.36. The Hall–Kier alpha value is -1.68. The van der Waals surface area contributed by atoms with Crippen molar-refractivity contribution in [1.29, 1.82) is 0 Å². The van der Waals surface area contributed by atoms with Gasteiger partial charge < -0.3 is 5.32 Å². The second-order valence-electron chi connectivity index (χ2n) is 6.11. The minimum absolute atomic E-state index is 0.555. The lowest BCUT2D eigenvalue weighted by Crippen LogP contribution is -2.30. The first-order valence-corrected chi connectivity index (χ1v) is 7.52. The summed E-state index contributed by atoms with van der Waals surface area (Å²) >= 11 is 0. The van der Waals surface area contributed by atoms with Crippen molar-refractivity contribution in [2.45, 2.75) is 44.3 Å². The molecule has 20 heavy (non-hydrogen) atoms. The number of nitrogens with one attached hydrogen (secondary N) is 1. The summed E-state index contributed by atoms with van der Waals surface area (Å²) in [6.07, 6.45) is 7.50. The van der Waals surface area contributed by atoms with Crippen molar-refractivity contribution in [2.75, 3.05) is 11.9 Å². The van der Waals surface area contributed by atoms with Gasteiger partial charge in [-0.25, -0.2) is 0 Å². The first-order chi connectivity index (χ1) is 9.79. The first kappa shape index (κ1) is 12.1. The third-order valence-electron chi connectivity index (χ3n) is 4.48. The van der Waals surface area contributed by atoms with Gasteiger partial charge in [-0.2, -0.15) is 0 Å². The molecule has 4 rings (SSSR count). The Bertz CT molecular complexity index is 623. The van der Waals surface area contributed by atoms with E-state index in [2.05, 4.69) is 39.2 Å². The summed E-state index contributed by atoms with van der Waals surface area (Å²) in [5, 5.41) is 3.67. The lowest BCUT2D eigenvalue weighted by Gasteiger charge is -2.20. The summed E-state index contributed by atoms with van der Waals surface area (Å²) in [5.74, 6) is 0. The normalized spacial score (nSPS) is 27.1. The number of likely N-dealkylation sites (tertiary alicyclic amines) is 1. The molecule has 104 valence electrons. The maximum absolute atomic E-state index is 4.37. The van der Waals surface area contributed by atoms with Gasteiger partial charge in [0.2, 0.25) is 0 Å². The van der Waals surface area contributed by atoms with Gasteiger partial charge in [-0.3, -0.25) is 14.9 Å². The summed E-state index contributed by atoms with van der Waals surface area (Å²) in [6.45, 7) is 3.52. The minimum atomic E-state index is 0.555. The number of benzene rings is 1. The van der Waals surface area contributed by atoms with Crippen LogP contribution in [0.15, 0.2) is 30.6 Å². The molecule has 0 bridgehead atoms. The van der Waals surface area contributed by atoms with E-state index in [9.17, 15) is 0 Å². The molecule has 4 heteroatoms. The van der Waals surface area contributed by atoms with Gasteiger partial charge in [0.15, 0.2) is 0 Å². The zero-order valence-electron chi connectivity index (χ0n) is 11.8. The molecule has 1 aliphatic heterocycles. The van der Waals surface area contributed by atoms with E-state index in [1.165, 1.54) is 25.8 Å². The molecule has 2 aromatic rings. The molecule has 1 N–H and O–H groups in total. The van der Waals surface area contributed by atoms with Crippen LogP contribution in [-0.2, 0) is 0 Å². The third-order valence-corrected chi connectivity index (χ3v) is 4.48. The molecule has 1 saturated heterocycles. The van der Waals surface area contributed by atoms with Crippen molar-refractivity contribution in [1.82, 2.24) is 14.9 Å². The zero-order chi connectivity index (χ0) is 13.5. The monoisotopic (exact) mass is 268 g/mol. The van der Waals surface area contributed by atoms with Crippen LogP contribution in [0.3, 0.4) is 0 Å². The highest BCUT2D eigenvalue weighted by atomic mass is 15.3. The Labute approximate surface area is 119 Å². The molecule has 2 fully saturated rings. The van der Waals surface area contributed by atoms with Gasteiger partial charge in [0.25, 0.3) is 0 Å². The summed E-state index contributed by atoms with van der Waals surface area (Å²) in [7, 11) is 0. The Balaban J connectivity index is 1.50. The van der Waals surface area contributed by atoms with E-state index in [-0.39, 0.29) is 0 Å². The molecule has 2 unspecified atom stereocenters. The van der Waals surface area contributed by atoms with Crippen molar-refractivity contribution in [3.05, 3.63) is 30.6 Å². The number of nitrogens with zero attached hydrogens (tertiary/aromatic N) is 3. The van der Waals surface area contributed by atoms with Crippen molar-refractivity contribution >= 4 is 16.7 Å². The van der Waals surface area contributed by atoms with Gasteiger partial charge in [0.1, 0.15) is 0 Å². The average molecular weight is 268 g/mol. The number of rotatable bonds is 3. The topological polar surface area (TPSA) is 41.1 Å². The fraction of sp³-hybridized carbons (Fsp3) is 0.500. The van der Waals surface area contributed by atoms with E-state index >= 15 is 0 Å². The summed E-state index contributed by atoms with van der Waals surface area (Å²) < 4.78 is 0. The van der Waals surface area contributed by atoms with Crippen LogP contribution in [0.5, 0.6) is 0 Å². The molecule has 1 saturated carbocycles. The lowest BCUT2D eigenvalue weighted by molar-refractivity contribution is 0.257. The quantitative estimate of drug-likeness (QED) is 0.929. The fourth-order valence-electron chi connectivity index (χ4n) is 3.36. The van der Waals surface area contributed by atoms with Crippen LogP contribution in [0.1, 0.15) is 26.2 Å². The van der Waals surface area contributed by atoms with Crippen LogP contribution < -0.4 is 5.32 Å². The summed E-state index contributed by atoms with van der Waals surface area (Å²) in [4.78, 5) is 11.3. The maximum atomic E-state index is 4.37. The lowest BCUT2D eigenvalue weighted by atomic mass is 10.1. The standard InChI is InChI=1S/C16H20N4/c1-11-8-13(10-20(11)14-3-4-14)19-12-2-5-15-16(9-12)18-7-6-17-15/h2,5-7,9,11,13-14,19H,3-4,8,10H2,1H3. The second-order valence-corrected chi connectivity index (χ2v) is 6.11. The molecule has 0 radical (unpaired) electrons.